The van der Waals surface area contributed by atoms with Gasteiger partial charge in [-0.15, -0.1) is 0 Å². The largest absolute Gasteiger partial charge is 0.465 e. The Hall–Kier alpha value is -1.85. The summed E-state index contributed by atoms with van der Waals surface area (Å²) >= 11 is 0. The molecular formula is C12H19N3O3. The predicted octanol–water partition coefficient (Wildman–Crippen LogP) is 1.05. The van der Waals surface area contributed by atoms with Crippen molar-refractivity contribution in [2.45, 2.75) is 27.7 Å². The number of hydrogen-bond donors (Lipinski definition) is 1. The van der Waals surface area contributed by atoms with Crippen LogP contribution in [0.15, 0.2) is 0 Å². The molecule has 1 N–H and O–H groups in total. The van der Waals surface area contributed by atoms with E-state index in [-0.39, 0.29) is 12.5 Å². The standard InChI is InChI=1S/C12H19N3O3/c1-5-15(7-10(16)18-6-2)12(17)11-8(3)13-14-9(11)4/h5-7H2,1-4H3,(H,13,14). The second-order valence-electron chi connectivity index (χ2n) is 3.93. The Kier molecular flexibility index (Phi) is 4.88. The van der Waals surface area contributed by atoms with Crippen molar-refractivity contribution < 1.29 is 14.3 Å². The fourth-order valence-electron chi connectivity index (χ4n) is 1.71. The van der Waals surface area contributed by atoms with E-state index in [1.54, 1.807) is 20.8 Å². The first-order chi connectivity index (χ1) is 8.51. The summed E-state index contributed by atoms with van der Waals surface area (Å²) < 4.78 is 4.85. The number of esters is 1. The van der Waals surface area contributed by atoms with Gasteiger partial charge in [-0.25, -0.2) is 0 Å². The molecular weight excluding hydrogens is 234 g/mol. The van der Waals surface area contributed by atoms with Crippen molar-refractivity contribution in [2.75, 3.05) is 19.7 Å². The molecule has 1 aromatic heterocycles. The van der Waals surface area contributed by atoms with Crippen LogP contribution in [-0.4, -0.2) is 46.7 Å². The van der Waals surface area contributed by atoms with E-state index in [1.807, 2.05) is 6.92 Å². The van der Waals surface area contributed by atoms with E-state index in [9.17, 15) is 9.59 Å². The van der Waals surface area contributed by atoms with Crippen LogP contribution in [0.5, 0.6) is 0 Å². The number of ether oxygens (including phenoxy) is 1. The lowest BCUT2D eigenvalue weighted by Gasteiger charge is -2.19. The number of likely N-dealkylation sites (N-methyl/N-ethyl adjacent to an activating group) is 1. The molecule has 0 saturated heterocycles. The van der Waals surface area contributed by atoms with Gasteiger partial charge in [0.2, 0.25) is 0 Å². The lowest BCUT2D eigenvalue weighted by molar-refractivity contribution is -0.143. The van der Waals surface area contributed by atoms with Crippen molar-refractivity contribution in [3.63, 3.8) is 0 Å². The van der Waals surface area contributed by atoms with Crippen LogP contribution in [0.4, 0.5) is 0 Å². The van der Waals surface area contributed by atoms with Crippen LogP contribution in [0.25, 0.3) is 0 Å². The zero-order chi connectivity index (χ0) is 13.7. The minimum atomic E-state index is -0.397. The van der Waals surface area contributed by atoms with Crippen LogP contribution in [0.3, 0.4) is 0 Å². The molecule has 0 aliphatic rings. The maximum absolute atomic E-state index is 12.3. The molecule has 1 heterocycles. The molecule has 0 radical (unpaired) electrons. The van der Waals surface area contributed by atoms with E-state index in [2.05, 4.69) is 10.2 Å². The van der Waals surface area contributed by atoms with Crippen LogP contribution >= 0.6 is 0 Å². The van der Waals surface area contributed by atoms with Crippen LogP contribution in [-0.2, 0) is 9.53 Å². The van der Waals surface area contributed by atoms with Crippen molar-refractivity contribution in [3.05, 3.63) is 17.0 Å². The lowest BCUT2D eigenvalue weighted by Crippen LogP contribution is -2.36. The molecule has 0 saturated carbocycles. The van der Waals surface area contributed by atoms with Crippen LogP contribution < -0.4 is 0 Å². The second kappa shape index (κ2) is 6.18. The molecule has 0 spiro atoms. The number of aryl methyl sites for hydroxylation is 2. The Morgan fingerprint density at radius 3 is 2.44 bits per heavy atom. The summed E-state index contributed by atoms with van der Waals surface area (Å²) in [5.74, 6) is -0.596. The number of aromatic amines is 1. The molecule has 0 aliphatic carbocycles. The first kappa shape index (κ1) is 14.2. The Labute approximate surface area is 106 Å². The van der Waals surface area contributed by atoms with Gasteiger partial charge < -0.3 is 9.64 Å². The monoisotopic (exact) mass is 253 g/mol. The molecule has 0 bridgehead atoms. The average Bonchev–Trinajstić information content (AvgIpc) is 2.65. The molecule has 18 heavy (non-hydrogen) atoms. The Balaban J connectivity index is 2.83. The maximum Gasteiger partial charge on any atom is 0.325 e. The zero-order valence-corrected chi connectivity index (χ0v) is 11.2. The molecule has 0 aliphatic heterocycles. The highest BCUT2D eigenvalue weighted by Gasteiger charge is 2.22. The summed E-state index contributed by atoms with van der Waals surface area (Å²) in [5.41, 5.74) is 1.88. The first-order valence-corrected chi connectivity index (χ1v) is 5.97. The van der Waals surface area contributed by atoms with E-state index in [0.29, 0.717) is 30.1 Å². The fraction of sp³-hybridized carbons (Fsp3) is 0.583. The molecule has 1 amide bonds. The maximum atomic E-state index is 12.3. The predicted molar refractivity (Wildman–Crippen MR) is 66.3 cm³/mol. The van der Waals surface area contributed by atoms with E-state index in [0.717, 1.165) is 0 Å². The van der Waals surface area contributed by atoms with Crippen LogP contribution in [0, 0.1) is 13.8 Å². The van der Waals surface area contributed by atoms with Gasteiger partial charge in [0.15, 0.2) is 0 Å². The third-order valence-electron chi connectivity index (χ3n) is 2.64. The van der Waals surface area contributed by atoms with E-state index < -0.39 is 5.97 Å². The second-order valence-corrected chi connectivity index (χ2v) is 3.93. The van der Waals surface area contributed by atoms with Gasteiger partial charge in [0.1, 0.15) is 6.54 Å². The molecule has 0 unspecified atom stereocenters. The smallest absolute Gasteiger partial charge is 0.325 e. The first-order valence-electron chi connectivity index (χ1n) is 5.97. The minimum Gasteiger partial charge on any atom is -0.465 e. The topological polar surface area (TPSA) is 75.3 Å². The van der Waals surface area contributed by atoms with Crippen LogP contribution in [0.2, 0.25) is 0 Å². The molecule has 0 fully saturated rings. The van der Waals surface area contributed by atoms with Crippen molar-refractivity contribution in [2.24, 2.45) is 0 Å². The number of rotatable bonds is 5. The molecule has 0 aromatic carbocycles. The summed E-state index contributed by atoms with van der Waals surface area (Å²) in [7, 11) is 0. The van der Waals surface area contributed by atoms with Gasteiger partial charge in [-0.3, -0.25) is 14.7 Å². The highest BCUT2D eigenvalue weighted by atomic mass is 16.5. The number of amides is 1. The number of H-pyrrole nitrogens is 1. The number of nitrogens with zero attached hydrogens (tertiary/aromatic N) is 2. The lowest BCUT2D eigenvalue weighted by atomic mass is 10.1. The fourth-order valence-corrected chi connectivity index (χ4v) is 1.71. The Morgan fingerprint density at radius 1 is 1.33 bits per heavy atom. The van der Waals surface area contributed by atoms with E-state index >= 15 is 0 Å². The molecule has 0 atom stereocenters. The summed E-state index contributed by atoms with van der Waals surface area (Å²) in [4.78, 5) is 25.1. The van der Waals surface area contributed by atoms with Crippen LogP contribution in [0.1, 0.15) is 35.6 Å². The van der Waals surface area contributed by atoms with Gasteiger partial charge in [-0.2, -0.15) is 5.10 Å². The molecule has 1 rings (SSSR count). The van der Waals surface area contributed by atoms with Crippen molar-refractivity contribution in [1.29, 1.82) is 0 Å². The van der Waals surface area contributed by atoms with Crippen molar-refractivity contribution in [1.82, 2.24) is 15.1 Å². The third-order valence-corrected chi connectivity index (χ3v) is 2.64. The van der Waals surface area contributed by atoms with Gasteiger partial charge >= 0.3 is 5.97 Å². The number of carbonyl (C=O) groups is 2. The Bertz CT molecular complexity index is 420. The van der Waals surface area contributed by atoms with Crippen molar-refractivity contribution >= 4 is 11.9 Å². The Morgan fingerprint density at radius 2 is 2.00 bits per heavy atom. The number of nitrogens with one attached hydrogen (secondary N) is 1. The average molecular weight is 253 g/mol. The normalized spacial score (nSPS) is 10.2. The highest BCUT2D eigenvalue weighted by molar-refractivity contribution is 5.97. The number of aromatic nitrogens is 2. The van der Waals surface area contributed by atoms with Gasteiger partial charge in [-0.05, 0) is 27.7 Å². The van der Waals surface area contributed by atoms with Gasteiger partial charge in [0.25, 0.3) is 5.91 Å². The minimum absolute atomic E-state index is 0.0345. The molecule has 6 heteroatoms. The number of carbonyl (C=O) groups excluding carboxylic acids is 2. The zero-order valence-electron chi connectivity index (χ0n) is 11.2. The van der Waals surface area contributed by atoms with Gasteiger partial charge in [-0.1, -0.05) is 0 Å². The number of hydrogen-bond acceptors (Lipinski definition) is 4. The van der Waals surface area contributed by atoms with E-state index in [1.165, 1.54) is 4.90 Å². The SMILES string of the molecule is CCOC(=O)CN(CC)C(=O)c1c(C)n[nH]c1C. The quantitative estimate of drug-likeness (QED) is 0.796. The third kappa shape index (κ3) is 3.09. The molecule has 6 nitrogen and oxygen atoms in total. The van der Waals surface area contributed by atoms with Gasteiger partial charge in [0, 0.05) is 12.2 Å². The van der Waals surface area contributed by atoms with Crippen molar-refractivity contribution in [3.8, 4) is 0 Å². The summed E-state index contributed by atoms with van der Waals surface area (Å²) in [6.45, 7) is 7.83. The van der Waals surface area contributed by atoms with E-state index in [4.69, 9.17) is 4.74 Å². The molecule has 100 valence electrons. The highest BCUT2D eigenvalue weighted by Crippen LogP contribution is 2.12. The summed E-state index contributed by atoms with van der Waals surface area (Å²) in [6, 6.07) is 0. The van der Waals surface area contributed by atoms with Gasteiger partial charge in [0.05, 0.1) is 17.9 Å². The summed E-state index contributed by atoms with van der Waals surface area (Å²) in [6.07, 6.45) is 0. The molecule has 1 aromatic rings. The summed E-state index contributed by atoms with van der Waals surface area (Å²) in [5, 5.41) is 6.74.